The fraction of sp³-hybridized carbons (Fsp3) is 0.611. The third kappa shape index (κ3) is 9.98. The number of alkyl halides is 2. The van der Waals surface area contributed by atoms with E-state index < -0.39 is 6.61 Å². The first-order valence-corrected chi connectivity index (χ1v) is 8.60. The first-order chi connectivity index (χ1) is 12.0. The molecular formula is C18H30F2IN3O2. The summed E-state index contributed by atoms with van der Waals surface area (Å²) in [4.78, 5) is 4.52. The lowest BCUT2D eigenvalue weighted by molar-refractivity contribution is -0.0512. The second-order valence-corrected chi connectivity index (χ2v) is 5.98. The van der Waals surface area contributed by atoms with Crippen LogP contribution in [0.1, 0.15) is 32.8 Å². The Morgan fingerprint density at radius 2 is 1.92 bits per heavy atom. The summed E-state index contributed by atoms with van der Waals surface area (Å²) in [5.41, 5.74) is 0.877. The number of rotatable bonds is 10. The Labute approximate surface area is 172 Å². The van der Waals surface area contributed by atoms with Crippen LogP contribution < -0.4 is 20.1 Å². The first kappa shape index (κ1) is 24.7. The van der Waals surface area contributed by atoms with E-state index in [1.54, 1.807) is 12.1 Å². The van der Waals surface area contributed by atoms with Gasteiger partial charge in [-0.05, 0) is 43.4 Å². The molecule has 0 saturated carbocycles. The van der Waals surface area contributed by atoms with Crippen LogP contribution in [0.25, 0.3) is 0 Å². The lowest BCUT2D eigenvalue weighted by Gasteiger charge is -2.13. The van der Waals surface area contributed by atoms with Gasteiger partial charge in [-0.1, -0.05) is 19.9 Å². The van der Waals surface area contributed by atoms with Crippen LogP contribution in [0, 0.1) is 5.92 Å². The van der Waals surface area contributed by atoms with E-state index in [2.05, 4.69) is 34.2 Å². The Balaban J connectivity index is 0.00000625. The van der Waals surface area contributed by atoms with Crippen LogP contribution in [0.5, 0.6) is 11.5 Å². The van der Waals surface area contributed by atoms with Gasteiger partial charge in [0.1, 0.15) is 0 Å². The first-order valence-electron chi connectivity index (χ1n) is 8.60. The molecule has 0 aliphatic carbocycles. The molecule has 0 unspecified atom stereocenters. The maximum Gasteiger partial charge on any atom is 0.387 e. The third-order valence-electron chi connectivity index (χ3n) is 3.47. The molecular weight excluding hydrogens is 455 g/mol. The number of halogens is 3. The van der Waals surface area contributed by atoms with Gasteiger partial charge < -0.3 is 20.1 Å². The van der Waals surface area contributed by atoms with Crippen molar-refractivity contribution in [3.63, 3.8) is 0 Å². The molecule has 26 heavy (non-hydrogen) atoms. The quantitative estimate of drug-likeness (QED) is 0.298. The summed E-state index contributed by atoms with van der Waals surface area (Å²) < 4.78 is 34.5. The number of aliphatic imine (C=N–C) groups is 1. The van der Waals surface area contributed by atoms with Crippen molar-refractivity contribution < 1.29 is 18.3 Å². The fourth-order valence-electron chi connectivity index (χ4n) is 2.17. The van der Waals surface area contributed by atoms with E-state index in [4.69, 9.17) is 4.74 Å². The molecule has 0 saturated heterocycles. The number of methoxy groups -OCH3 is 1. The largest absolute Gasteiger partial charge is 0.493 e. The number of guanidine groups is 1. The maximum absolute atomic E-state index is 12.5. The summed E-state index contributed by atoms with van der Waals surface area (Å²) in [6.07, 6.45) is 1.68. The summed E-state index contributed by atoms with van der Waals surface area (Å²) in [5, 5.41) is 6.44. The molecule has 0 aliphatic heterocycles. The monoisotopic (exact) mass is 485 g/mol. The molecule has 1 aromatic carbocycles. The van der Waals surface area contributed by atoms with Gasteiger partial charge in [-0.25, -0.2) is 0 Å². The van der Waals surface area contributed by atoms with Crippen molar-refractivity contribution in [2.75, 3.05) is 26.7 Å². The molecule has 0 aromatic heterocycles. The van der Waals surface area contributed by atoms with E-state index >= 15 is 0 Å². The zero-order chi connectivity index (χ0) is 18.7. The highest BCUT2D eigenvalue weighted by Gasteiger charge is 2.11. The van der Waals surface area contributed by atoms with Gasteiger partial charge in [0.25, 0.3) is 0 Å². The van der Waals surface area contributed by atoms with Crippen LogP contribution in [0.15, 0.2) is 23.2 Å². The zero-order valence-corrected chi connectivity index (χ0v) is 18.2. The van der Waals surface area contributed by atoms with E-state index in [0.29, 0.717) is 24.6 Å². The maximum atomic E-state index is 12.5. The Kier molecular flexibility index (Phi) is 13.1. The third-order valence-corrected chi connectivity index (χ3v) is 3.47. The Bertz CT molecular complexity index is 543. The van der Waals surface area contributed by atoms with Crippen LogP contribution in [0.2, 0.25) is 0 Å². The average Bonchev–Trinajstić information content (AvgIpc) is 2.54. The van der Waals surface area contributed by atoms with Crippen molar-refractivity contribution in [2.45, 2.75) is 40.2 Å². The molecule has 8 heteroatoms. The number of benzene rings is 1. The SMILES string of the molecule is CCNC(=NCCC(C)C)NCCc1ccc(OC)c(OC(F)F)c1.I. The molecule has 0 spiro atoms. The minimum Gasteiger partial charge on any atom is -0.493 e. The second-order valence-electron chi connectivity index (χ2n) is 5.98. The van der Waals surface area contributed by atoms with Crippen molar-refractivity contribution in [1.29, 1.82) is 0 Å². The summed E-state index contributed by atoms with van der Waals surface area (Å²) in [6, 6.07) is 5.05. The van der Waals surface area contributed by atoms with Gasteiger partial charge in [0, 0.05) is 19.6 Å². The van der Waals surface area contributed by atoms with Gasteiger partial charge in [0.15, 0.2) is 17.5 Å². The fourth-order valence-corrected chi connectivity index (χ4v) is 2.17. The molecule has 5 nitrogen and oxygen atoms in total. The van der Waals surface area contributed by atoms with Crippen molar-refractivity contribution in [3.05, 3.63) is 23.8 Å². The Morgan fingerprint density at radius 1 is 1.19 bits per heavy atom. The number of hydrogen-bond acceptors (Lipinski definition) is 3. The molecule has 2 N–H and O–H groups in total. The zero-order valence-electron chi connectivity index (χ0n) is 15.9. The Morgan fingerprint density at radius 3 is 2.50 bits per heavy atom. The van der Waals surface area contributed by atoms with Gasteiger partial charge >= 0.3 is 6.61 Å². The van der Waals surface area contributed by atoms with Crippen molar-refractivity contribution in [1.82, 2.24) is 10.6 Å². The molecule has 1 rings (SSSR count). The highest BCUT2D eigenvalue weighted by molar-refractivity contribution is 14.0. The van der Waals surface area contributed by atoms with E-state index in [1.807, 2.05) is 13.0 Å². The van der Waals surface area contributed by atoms with E-state index in [1.165, 1.54) is 7.11 Å². The summed E-state index contributed by atoms with van der Waals surface area (Å²) in [5.74, 6) is 1.72. The molecule has 0 aliphatic rings. The van der Waals surface area contributed by atoms with Gasteiger partial charge in [0.05, 0.1) is 7.11 Å². The summed E-state index contributed by atoms with van der Waals surface area (Å²) >= 11 is 0. The second kappa shape index (κ2) is 13.8. The van der Waals surface area contributed by atoms with Crippen LogP contribution in [-0.2, 0) is 6.42 Å². The molecule has 0 fully saturated rings. The predicted octanol–water partition coefficient (Wildman–Crippen LogP) is 4.06. The molecule has 150 valence electrons. The number of nitrogens with one attached hydrogen (secondary N) is 2. The van der Waals surface area contributed by atoms with Gasteiger partial charge in [-0.15, -0.1) is 24.0 Å². The topological polar surface area (TPSA) is 54.9 Å². The molecule has 0 atom stereocenters. The number of nitrogens with zero attached hydrogens (tertiary/aromatic N) is 1. The minimum absolute atomic E-state index is 0. The van der Waals surface area contributed by atoms with E-state index in [0.717, 1.165) is 31.0 Å². The number of ether oxygens (including phenoxy) is 2. The molecule has 0 radical (unpaired) electrons. The highest BCUT2D eigenvalue weighted by atomic mass is 127. The normalized spacial score (nSPS) is 11.3. The van der Waals surface area contributed by atoms with Gasteiger partial charge in [0.2, 0.25) is 0 Å². The lowest BCUT2D eigenvalue weighted by Crippen LogP contribution is -2.38. The van der Waals surface area contributed by atoms with Crippen molar-refractivity contribution in [2.24, 2.45) is 10.9 Å². The summed E-state index contributed by atoms with van der Waals surface area (Å²) in [6.45, 7) is 5.64. The van der Waals surface area contributed by atoms with Crippen LogP contribution in [0.4, 0.5) is 8.78 Å². The molecule has 0 amide bonds. The smallest absolute Gasteiger partial charge is 0.387 e. The standard InChI is InChI=1S/C18H29F2N3O2.HI/c1-5-21-18(22-10-8-13(2)3)23-11-9-14-6-7-15(24-4)16(12-14)25-17(19)20;/h6-7,12-13,17H,5,8-11H2,1-4H3,(H2,21,22,23);1H. The van der Waals surface area contributed by atoms with Crippen molar-refractivity contribution >= 4 is 29.9 Å². The Hall–Kier alpha value is -1.32. The van der Waals surface area contributed by atoms with Gasteiger partial charge in [-0.2, -0.15) is 8.78 Å². The highest BCUT2D eigenvalue weighted by Crippen LogP contribution is 2.29. The summed E-state index contributed by atoms with van der Waals surface area (Å²) in [7, 11) is 1.42. The van der Waals surface area contributed by atoms with Crippen molar-refractivity contribution in [3.8, 4) is 11.5 Å². The predicted molar refractivity (Wildman–Crippen MR) is 112 cm³/mol. The lowest BCUT2D eigenvalue weighted by atomic mass is 10.1. The molecule has 0 bridgehead atoms. The minimum atomic E-state index is -2.88. The van der Waals surface area contributed by atoms with Crippen LogP contribution in [-0.4, -0.2) is 39.3 Å². The van der Waals surface area contributed by atoms with E-state index in [9.17, 15) is 8.78 Å². The average molecular weight is 485 g/mol. The molecule has 0 heterocycles. The van der Waals surface area contributed by atoms with Gasteiger partial charge in [-0.3, -0.25) is 4.99 Å². The number of hydrogen-bond donors (Lipinski definition) is 2. The van der Waals surface area contributed by atoms with Crippen LogP contribution >= 0.6 is 24.0 Å². The van der Waals surface area contributed by atoms with E-state index in [-0.39, 0.29) is 29.7 Å². The molecule has 1 aromatic rings. The van der Waals surface area contributed by atoms with Crippen LogP contribution in [0.3, 0.4) is 0 Å².